The largest absolute Gasteiger partial charge is 0.492 e. The lowest BCUT2D eigenvalue weighted by molar-refractivity contribution is -0.132. The van der Waals surface area contributed by atoms with E-state index in [1.54, 1.807) is 21.9 Å². The van der Waals surface area contributed by atoms with Gasteiger partial charge < -0.3 is 14.5 Å². The van der Waals surface area contributed by atoms with Gasteiger partial charge in [-0.3, -0.25) is 9.59 Å². The van der Waals surface area contributed by atoms with Gasteiger partial charge in [-0.2, -0.15) is 0 Å². The number of ether oxygens (including phenoxy) is 1. The number of nitrogens with zero attached hydrogens (tertiary/aromatic N) is 2. The van der Waals surface area contributed by atoms with Crippen molar-refractivity contribution in [2.75, 3.05) is 31.1 Å². The second-order valence-electron chi connectivity index (χ2n) is 7.67. The van der Waals surface area contributed by atoms with Gasteiger partial charge in [0.25, 0.3) is 0 Å². The molecule has 152 valence electrons. The van der Waals surface area contributed by atoms with Gasteiger partial charge in [-0.1, -0.05) is 18.2 Å². The van der Waals surface area contributed by atoms with Crippen LogP contribution in [0.3, 0.4) is 0 Å². The second kappa shape index (κ2) is 7.50. The molecule has 5 nitrogen and oxygen atoms in total. The standard InChI is InChI=1S/C23H25FN2O3/c1-3-25(4-2)21(27)14-26-20-8-6-5-7-18(20)19-13-23(19,22(26)28)15-29-17-11-9-16(24)10-12-17/h5-12,19H,3-4,13-15H2,1-2H3/t19-,23+/m0/s1. The summed E-state index contributed by atoms with van der Waals surface area (Å²) in [5.41, 5.74) is 1.24. The summed E-state index contributed by atoms with van der Waals surface area (Å²) >= 11 is 0. The molecule has 4 rings (SSSR count). The summed E-state index contributed by atoms with van der Waals surface area (Å²) in [6.45, 7) is 5.33. The summed E-state index contributed by atoms with van der Waals surface area (Å²) in [6.07, 6.45) is 0.694. The van der Waals surface area contributed by atoms with Gasteiger partial charge in [-0.05, 0) is 56.2 Å². The summed E-state index contributed by atoms with van der Waals surface area (Å²) in [6, 6.07) is 13.6. The van der Waals surface area contributed by atoms with Crippen LogP contribution in [0.4, 0.5) is 10.1 Å². The zero-order valence-electron chi connectivity index (χ0n) is 16.7. The first kappa shape index (κ1) is 19.4. The topological polar surface area (TPSA) is 49.9 Å². The lowest BCUT2D eigenvalue weighted by atomic mass is 9.92. The van der Waals surface area contributed by atoms with Crippen LogP contribution in [0.2, 0.25) is 0 Å². The normalized spacial score (nSPS) is 22.0. The number of hydrogen-bond donors (Lipinski definition) is 0. The molecule has 1 heterocycles. The Balaban J connectivity index is 1.59. The van der Waals surface area contributed by atoms with Gasteiger partial charge in [0, 0.05) is 24.7 Å². The summed E-state index contributed by atoms with van der Waals surface area (Å²) < 4.78 is 19.0. The Morgan fingerprint density at radius 2 is 1.86 bits per heavy atom. The van der Waals surface area contributed by atoms with Crippen molar-refractivity contribution in [2.24, 2.45) is 5.41 Å². The fourth-order valence-electron chi connectivity index (χ4n) is 4.29. The first-order valence-electron chi connectivity index (χ1n) is 10.1. The minimum Gasteiger partial charge on any atom is -0.492 e. The minimum atomic E-state index is -0.660. The predicted molar refractivity (Wildman–Crippen MR) is 108 cm³/mol. The van der Waals surface area contributed by atoms with Crippen LogP contribution in [0, 0.1) is 11.2 Å². The smallest absolute Gasteiger partial charge is 0.242 e. The SMILES string of the molecule is CCN(CC)C(=O)CN1C(=O)[C@@]2(COc3ccc(F)cc3)C[C@H]2c2ccccc21. The molecule has 0 N–H and O–H groups in total. The average molecular weight is 396 g/mol. The number of amides is 2. The van der Waals surface area contributed by atoms with E-state index in [1.807, 2.05) is 38.1 Å². The molecular weight excluding hydrogens is 371 g/mol. The van der Waals surface area contributed by atoms with Crippen molar-refractivity contribution in [1.82, 2.24) is 4.90 Å². The zero-order valence-corrected chi connectivity index (χ0v) is 16.7. The molecule has 1 fully saturated rings. The predicted octanol–water partition coefficient (Wildman–Crippen LogP) is 3.59. The number of hydrogen-bond acceptors (Lipinski definition) is 3. The highest BCUT2D eigenvalue weighted by atomic mass is 19.1. The van der Waals surface area contributed by atoms with Gasteiger partial charge in [0.2, 0.25) is 11.8 Å². The summed E-state index contributed by atoms with van der Waals surface area (Å²) in [7, 11) is 0. The highest BCUT2D eigenvalue weighted by Gasteiger charge is 2.66. The summed E-state index contributed by atoms with van der Waals surface area (Å²) in [5.74, 6) is 0.162. The Labute approximate surface area is 170 Å². The Bertz CT molecular complexity index is 926. The van der Waals surface area contributed by atoms with E-state index >= 15 is 0 Å². The molecule has 6 heteroatoms. The summed E-state index contributed by atoms with van der Waals surface area (Å²) in [4.78, 5) is 29.6. The molecular formula is C23H25FN2O3. The highest BCUT2D eigenvalue weighted by Crippen LogP contribution is 2.65. The molecule has 1 aliphatic heterocycles. The van der Waals surface area contributed by atoms with E-state index in [9.17, 15) is 14.0 Å². The molecule has 0 spiro atoms. The van der Waals surface area contributed by atoms with Gasteiger partial charge in [0.15, 0.2) is 0 Å². The average Bonchev–Trinajstić information content (AvgIpc) is 3.48. The van der Waals surface area contributed by atoms with Crippen molar-refractivity contribution in [2.45, 2.75) is 26.2 Å². The van der Waals surface area contributed by atoms with Crippen molar-refractivity contribution in [3.8, 4) is 5.75 Å². The Morgan fingerprint density at radius 1 is 1.17 bits per heavy atom. The molecule has 2 aliphatic rings. The van der Waals surface area contributed by atoms with E-state index in [2.05, 4.69) is 0 Å². The molecule has 0 unspecified atom stereocenters. The summed E-state index contributed by atoms with van der Waals surface area (Å²) in [5, 5.41) is 0. The second-order valence-corrected chi connectivity index (χ2v) is 7.67. The van der Waals surface area contributed by atoms with Crippen LogP contribution in [0.5, 0.6) is 5.75 Å². The van der Waals surface area contributed by atoms with Crippen molar-refractivity contribution < 1.29 is 18.7 Å². The van der Waals surface area contributed by atoms with Crippen LogP contribution < -0.4 is 9.64 Å². The number of fused-ring (bicyclic) bond motifs is 3. The number of para-hydroxylation sites is 1. The maximum Gasteiger partial charge on any atom is 0.242 e. The van der Waals surface area contributed by atoms with Crippen LogP contribution in [0.15, 0.2) is 48.5 Å². The maximum absolute atomic E-state index is 13.5. The molecule has 0 aromatic heterocycles. The van der Waals surface area contributed by atoms with Crippen LogP contribution in [0.1, 0.15) is 31.7 Å². The maximum atomic E-state index is 13.5. The van der Waals surface area contributed by atoms with Crippen molar-refractivity contribution in [3.05, 3.63) is 59.9 Å². The van der Waals surface area contributed by atoms with Crippen molar-refractivity contribution in [1.29, 1.82) is 0 Å². The number of anilines is 1. The lowest BCUT2D eigenvalue weighted by Crippen LogP contribution is -2.49. The third-order valence-corrected chi connectivity index (χ3v) is 6.07. The number of rotatable bonds is 7. The van der Waals surface area contributed by atoms with E-state index in [0.29, 0.717) is 25.3 Å². The van der Waals surface area contributed by atoms with Gasteiger partial charge in [-0.25, -0.2) is 4.39 Å². The van der Waals surface area contributed by atoms with Crippen molar-refractivity contribution >= 4 is 17.5 Å². The van der Waals surface area contributed by atoms with Crippen LogP contribution in [-0.4, -0.2) is 43.0 Å². The minimum absolute atomic E-state index is 0.0303. The molecule has 2 atom stereocenters. The molecule has 29 heavy (non-hydrogen) atoms. The molecule has 2 aromatic rings. The van der Waals surface area contributed by atoms with E-state index in [0.717, 1.165) is 11.3 Å². The molecule has 1 aliphatic carbocycles. The zero-order chi connectivity index (χ0) is 20.6. The van der Waals surface area contributed by atoms with E-state index < -0.39 is 5.41 Å². The molecule has 0 bridgehead atoms. The Morgan fingerprint density at radius 3 is 2.55 bits per heavy atom. The Hall–Kier alpha value is -2.89. The number of halogens is 1. The highest BCUT2D eigenvalue weighted by molar-refractivity contribution is 6.07. The van der Waals surface area contributed by atoms with E-state index in [-0.39, 0.29) is 36.7 Å². The third-order valence-electron chi connectivity index (χ3n) is 6.07. The fraction of sp³-hybridized carbons (Fsp3) is 0.391. The molecule has 2 amide bonds. The number of benzene rings is 2. The van der Waals surface area contributed by atoms with Crippen LogP contribution in [-0.2, 0) is 9.59 Å². The van der Waals surface area contributed by atoms with Gasteiger partial charge in [0.05, 0.1) is 5.41 Å². The molecule has 0 radical (unpaired) electrons. The van der Waals surface area contributed by atoms with Crippen molar-refractivity contribution in [3.63, 3.8) is 0 Å². The molecule has 1 saturated carbocycles. The first-order chi connectivity index (χ1) is 14.0. The van der Waals surface area contributed by atoms with Gasteiger partial charge in [0.1, 0.15) is 24.7 Å². The third kappa shape index (κ3) is 3.37. The van der Waals surface area contributed by atoms with Crippen LogP contribution >= 0.6 is 0 Å². The van der Waals surface area contributed by atoms with Gasteiger partial charge in [-0.15, -0.1) is 0 Å². The number of likely N-dealkylation sites (N-methyl/N-ethyl adjacent to an activating group) is 1. The molecule has 0 saturated heterocycles. The lowest BCUT2D eigenvalue weighted by Gasteiger charge is -2.34. The first-order valence-corrected chi connectivity index (χ1v) is 10.1. The fourth-order valence-corrected chi connectivity index (χ4v) is 4.29. The molecule has 2 aromatic carbocycles. The Kier molecular flexibility index (Phi) is 5.03. The van der Waals surface area contributed by atoms with Gasteiger partial charge >= 0.3 is 0 Å². The van der Waals surface area contributed by atoms with Crippen LogP contribution in [0.25, 0.3) is 0 Å². The number of carbonyl (C=O) groups excluding carboxylic acids is 2. The van der Waals surface area contributed by atoms with E-state index in [1.165, 1.54) is 12.1 Å². The number of carbonyl (C=O) groups is 2. The monoisotopic (exact) mass is 396 g/mol. The van der Waals surface area contributed by atoms with E-state index in [4.69, 9.17) is 4.74 Å². The quantitative estimate of drug-likeness (QED) is 0.719.